The lowest BCUT2D eigenvalue weighted by Gasteiger charge is -2.27. The molecule has 1 unspecified atom stereocenters. The topological polar surface area (TPSA) is 107 Å². The monoisotopic (exact) mass is 341 g/mol. The van der Waals surface area contributed by atoms with E-state index in [1.54, 1.807) is 24.3 Å². The standard InChI is InChI=1S/C17H19N5O3/c18-13-10-14(21-8-4-1-5-9-21)19-17(22(13)24)20-15-11-6-2-3-7-12(11)16(23)25-15/h2-3,6-7,10,15H,1,4-5,8-9,18H2,(H,19,20). The van der Waals surface area contributed by atoms with E-state index in [1.165, 1.54) is 6.42 Å². The van der Waals surface area contributed by atoms with Gasteiger partial charge in [0.05, 0.1) is 11.6 Å². The Balaban J connectivity index is 1.64. The van der Waals surface area contributed by atoms with Gasteiger partial charge in [-0.05, 0) is 25.3 Å². The maximum atomic E-state index is 12.3. The maximum Gasteiger partial charge on any atom is 0.351 e. The molecule has 130 valence electrons. The van der Waals surface area contributed by atoms with Crippen molar-refractivity contribution in [3.63, 3.8) is 0 Å². The second-order valence-electron chi connectivity index (χ2n) is 6.22. The normalized spacial score (nSPS) is 19.4. The summed E-state index contributed by atoms with van der Waals surface area (Å²) in [6, 6.07) is 8.63. The second kappa shape index (κ2) is 6.12. The van der Waals surface area contributed by atoms with Crippen molar-refractivity contribution in [2.75, 3.05) is 29.0 Å². The van der Waals surface area contributed by atoms with Gasteiger partial charge in [-0.25, -0.2) is 9.52 Å². The molecular formula is C17H19N5O3. The molecule has 0 spiro atoms. The Morgan fingerprint density at radius 1 is 1.28 bits per heavy atom. The van der Waals surface area contributed by atoms with Crippen molar-refractivity contribution in [2.45, 2.75) is 25.5 Å². The summed E-state index contributed by atoms with van der Waals surface area (Å²) >= 11 is 0. The molecule has 4 rings (SSSR count). The fraction of sp³-hybridized carbons (Fsp3) is 0.353. The minimum atomic E-state index is -0.757. The first-order valence-corrected chi connectivity index (χ1v) is 8.35. The van der Waals surface area contributed by atoms with Crippen LogP contribution in [0.4, 0.5) is 17.6 Å². The van der Waals surface area contributed by atoms with Crippen LogP contribution in [0.25, 0.3) is 0 Å². The van der Waals surface area contributed by atoms with Gasteiger partial charge in [0.1, 0.15) is 0 Å². The number of anilines is 3. The molecule has 0 radical (unpaired) electrons. The Bertz CT molecular complexity index is 820. The van der Waals surface area contributed by atoms with E-state index in [2.05, 4.69) is 15.2 Å². The lowest BCUT2D eigenvalue weighted by molar-refractivity contribution is -0.577. The highest BCUT2D eigenvalue weighted by Crippen LogP contribution is 2.31. The van der Waals surface area contributed by atoms with Gasteiger partial charge in [-0.2, -0.15) is 0 Å². The summed E-state index contributed by atoms with van der Waals surface area (Å²) < 4.78 is 5.84. The summed E-state index contributed by atoms with van der Waals surface area (Å²) in [5, 5.41) is 15.2. The molecule has 1 aromatic carbocycles. The predicted molar refractivity (Wildman–Crippen MR) is 91.9 cm³/mol. The summed E-state index contributed by atoms with van der Waals surface area (Å²) in [6.45, 7) is 1.77. The Morgan fingerprint density at radius 3 is 2.84 bits per heavy atom. The third-order valence-electron chi connectivity index (χ3n) is 4.55. The highest BCUT2D eigenvalue weighted by molar-refractivity contribution is 5.94. The van der Waals surface area contributed by atoms with Gasteiger partial charge in [0.25, 0.3) is 0 Å². The van der Waals surface area contributed by atoms with Crippen LogP contribution in [0.2, 0.25) is 0 Å². The van der Waals surface area contributed by atoms with Crippen molar-refractivity contribution < 1.29 is 14.3 Å². The lowest BCUT2D eigenvalue weighted by Crippen LogP contribution is -2.39. The number of nitrogens with zero attached hydrogens (tertiary/aromatic N) is 3. The van der Waals surface area contributed by atoms with Crippen LogP contribution in [0, 0.1) is 5.21 Å². The third kappa shape index (κ3) is 2.79. The molecule has 1 aromatic heterocycles. The van der Waals surface area contributed by atoms with Crippen molar-refractivity contribution >= 4 is 23.6 Å². The van der Waals surface area contributed by atoms with Crippen molar-refractivity contribution in [3.05, 3.63) is 46.7 Å². The van der Waals surface area contributed by atoms with Gasteiger partial charge < -0.3 is 20.6 Å². The van der Waals surface area contributed by atoms with Gasteiger partial charge in [0.15, 0.2) is 11.6 Å². The number of fused-ring (bicyclic) bond motifs is 1. The van der Waals surface area contributed by atoms with E-state index >= 15 is 0 Å². The summed E-state index contributed by atoms with van der Waals surface area (Å²) in [5.74, 6) is 0.306. The Labute approximate surface area is 144 Å². The largest absolute Gasteiger partial charge is 0.754 e. The summed E-state index contributed by atoms with van der Waals surface area (Å²) in [4.78, 5) is 18.5. The quantitative estimate of drug-likeness (QED) is 0.495. The molecule has 3 N–H and O–H groups in total. The Morgan fingerprint density at radius 2 is 2.04 bits per heavy atom. The molecule has 2 aliphatic rings. The summed E-state index contributed by atoms with van der Waals surface area (Å²) in [5.41, 5.74) is 7.02. The van der Waals surface area contributed by atoms with Gasteiger partial charge in [0, 0.05) is 18.7 Å². The molecule has 8 heteroatoms. The first-order valence-electron chi connectivity index (χ1n) is 8.35. The van der Waals surface area contributed by atoms with Gasteiger partial charge >= 0.3 is 11.9 Å². The van der Waals surface area contributed by atoms with E-state index in [4.69, 9.17) is 10.5 Å². The molecule has 0 amide bonds. The van der Waals surface area contributed by atoms with Gasteiger partial charge in [-0.3, -0.25) is 5.32 Å². The summed E-state index contributed by atoms with van der Waals surface area (Å²) in [7, 11) is 0. The lowest BCUT2D eigenvalue weighted by atomic mass is 10.1. The molecule has 2 aliphatic heterocycles. The Hall–Kier alpha value is -3.03. The van der Waals surface area contributed by atoms with E-state index in [0.717, 1.165) is 25.9 Å². The number of ether oxygens (including phenoxy) is 1. The van der Waals surface area contributed by atoms with Crippen LogP contribution in [-0.4, -0.2) is 24.0 Å². The number of benzene rings is 1. The van der Waals surface area contributed by atoms with E-state index in [1.807, 2.05) is 6.07 Å². The number of rotatable bonds is 3. The molecule has 1 saturated heterocycles. The smallest absolute Gasteiger partial charge is 0.351 e. The highest BCUT2D eigenvalue weighted by Gasteiger charge is 2.33. The third-order valence-corrected chi connectivity index (χ3v) is 4.55. The maximum absolute atomic E-state index is 12.3. The van der Waals surface area contributed by atoms with Crippen LogP contribution < -0.4 is 20.7 Å². The van der Waals surface area contributed by atoms with E-state index in [0.29, 0.717) is 21.7 Å². The number of nitrogen functional groups attached to an aromatic ring is 1. The molecule has 3 heterocycles. The minimum Gasteiger partial charge on any atom is -0.754 e. The first kappa shape index (κ1) is 15.5. The van der Waals surface area contributed by atoms with E-state index < -0.39 is 12.2 Å². The molecule has 1 fully saturated rings. The SMILES string of the molecule is Nc1cc(N2CCCCC2)nc(NC2OC(=O)c3ccccc32)[n+]1[O-]. The van der Waals surface area contributed by atoms with E-state index in [-0.39, 0.29) is 11.8 Å². The number of hydrogen-bond donors (Lipinski definition) is 2. The fourth-order valence-electron chi connectivity index (χ4n) is 3.25. The number of carbonyl (C=O) groups excluding carboxylic acids is 1. The van der Waals surface area contributed by atoms with Crippen molar-refractivity contribution in [1.82, 2.24) is 4.98 Å². The molecule has 0 saturated carbocycles. The number of cyclic esters (lactones) is 1. The molecule has 1 atom stereocenters. The molecule has 2 aromatic rings. The minimum absolute atomic E-state index is 0.0232. The van der Waals surface area contributed by atoms with Crippen LogP contribution in [0.5, 0.6) is 0 Å². The zero-order valence-corrected chi connectivity index (χ0v) is 13.6. The predicted octanol–water partition coefficient (Wildman–Crippen LogP) is 1.57. The highest BCUT2D eigenvalue weighted by atomic mass is 16.6. The average Bonchev–Trinajstić information content (AvgIpc) is 2.96. The number of carbonyl (C=O) groups is 1. The van der Waals surface area contributed by atoms with Gasteiger partial charge in [-0.1, -0.05) is 23.2 Å². The molecule has 0 bridgehead atoms. The Kier molecular flexibility index (Phi) is 3.79. The molecular weight excluding hydrogens is 322 g/mol. The van der Waals surface area contributed by atoms with Crippen molar-refractivity contribution in [1.29, 1.82) is 0 Å². The zero-order chi connectivity index (χ0) is 17.4. The van der Waals surface area contributed by atoms with Crippen LogP contribution >= 0.6 is 0 Å². The van der Waals surface area contributed by atoms with Crippen molar-refractivity contribution in [3.8, 4) is 0 Å². The van der Waals surface area contributed by atoms with Crippen LogP contribution in [0.3, 0.4) is 0 Å². The van der Waals surface area contributed by atoms with Crippen LogP contribution in [0.15, 0.2) is 30.3 Å². The second-order valence-corrected chi connectivity index (χ2v) is 6.22. The van der Waals surface area contributed by atoms with Crippen molar-refractivity contribution in [2.24, 2.45) is 0 Å². The number of hydrogen-bond acceptors (Lipinski definition) is 7. The molecule has 25 heavy (non-hydrogen) atoms. The summed E-state index contributed by atoms with van der Waals surface area (Å²) in [6.07, 6.45) is 2.61. The molecule has 8 nitrogen and oxygen atoms in total. The fourth-order valence-corrected chi connectivity index (χ4v) is 3.25. The number of esters is 1. The van der Waals surface area contributed by atoms with Crippen LogP contribution in [0.1, 0.15) is 41.4 Å². The number of piperidine rings is 1. The number of aromatic nitrogens is 2. The number of nitrogens with two attached hydrogens (primary N) is 1. The molecule has 0 aliphatic carbocycles. The van der Waals surface area contributed by atoms with Crippen LogP contribution in [-0.2, 0) is 4.74 Å². The average molecular weight is 341 g/mol. The zero-order valence-electron chi connectivity index (χ0n) is 13.6. The van der Waals surface area contributed by atoms with Gasteiger partial charge in [-0.15, -0.1) is 0 Å². The first-order chi connectivity index (χ1) is 12.1. The number of nitrogens with one attached hydrogen (secondary N) is 1. The van der Waals surface area contributed by atoms with E-state index in [9.17, 15) is 10.0 Å². The van der Waals surface area contributed by atoms with Gasteiger partial charge in [0.2, 0.25) is 6.23 Å².